The van der Waals surface area contributed by atoms with Crippen molar-refractivity contribution in [3.8, 4) is 0 Å². The summed E-state index contributed by atoms with van der Waals surface area (Å²) in [7, 11) is 0. The number of hydrogen-bond acceptors (Lipinski definition) is 0. The lowest BCUT2D eigenvalue weighted by Gasteiger charge is -2.26. The lowest BCUT2D eigenvalue weighted by Crippen LogP contribution is -2.17. The van der Waals surface area contributed by atoms with Gasteiger partial charge >= 0.3 is 0 Å². The number of benzene rings is 3. The van der Waals surface area contributed by atoms with Crippen molar-refractivity contribution in [1.29, 1.82) is 0 Å². The third-order valence-electron chi connectivity index (χ3n) is 6.47. The average molecular weight is 477 g/mol. The normalized spacial score (nSPS) is 12.3. The first-order valence-corrected chi connectivity index (χ1v) is 12.5. The molecule has 0 nitrogen and oxygen atoms in total. The van der Waals surface area contributed by atoms with E-state index in [0.29, 0.717) is 0 Å². The van der Waals surface area contributed by atoms with E-state index in [1.54, 1.807) is 0 Å². The van der Waals surface area contributed by atoms with Crippen LogP contribution in [-0.4, -0.2) is 0 Å². The molecule has 0 heterocycles. The largest absolute Gasteiger partial charge is 0.0776 e. The Morgan fingerprint density at radius 1 is 0.457 bits per heavy atom. The van der Waals surface area contributed by atoms with Gasteiger partial charge in [0, 0.05) is 0 Å². The number of hydrogen-bond donors (Lipinski definition) is 0. The van der Waals surface area contributed by atoms with Gasteiger partial charge in [0.25, 0.3) is 0 Å². The van der Waals surface area contributed by atoms with E-state index in [1.165, 1.54) is 38.6 Å². The summed E-state index contributed by atoms with van der Waals surface area (Å²) in [5, 5.41) is 2.74. The third kappa shape index (κ3) is 8.52. The molecule has 3 aromatic carbocycles. The van der Waals surface area contributed by atoms with Crippen LogP contribution in [0.2, 0.25) is 0 Å². The van der Waals surface area contributed by atoms with E-state index in [4.69, 9.17) is 0 Å². The van der Waals surface area contributed by atoms with Crippen molar-refractivity contribution in [3.05, 3.63) is 82.4 Å². The fourth-order valence-corrected chi connectivity index (χ4v) is 4.29. The summed E-state index contributed by atoms with van der Waals surface area (Å²) in [6, 6.07) is 20.4. The maximum absolute atomic E-state index is 2.37. The molecule has 0 amide bonds. The van der Waals surface area contributed by atoms with Crippen LogP contribution in [0.15, 0.2) is 54.6 Å². The molecule has 0 bridgehead atoms. The number of rotatable bonds is 0. The van der Waals surface area contributed by atoms with Gasteiger partial charge in [0.15, 0.2) is 0 Å². The number of fused-ring (bicyclic) bond motifs is 1. The molecule has 3 aromatic rings. The van der Waals surface area contributed by atoms with Gasteiger partial charge in [0.2, 0.25) is 0 Å². The minimum Gasteiger partial charge on any atom is -0.0776 e. The van der Waals surface area contributed by atoms with Crippen molar-refractivity contribution in [2.24, 2.45) is 0 Å². The van der Waals surface area contributed by atoms with Gasteiger partial charge in [0.05, 0.1) is 0 Å². The Kier molecular flexibility index (Phi) is 10.6. The van der Waals surface area contributed by atoms with Gasteiger partial charge in [-0.05, 0) is 67.2 Å². The summed E-state index contributed by atoms with van der Waals surface area (Å²) < 4.78 is 0. The Morgan fingerprint density at radius 3 is 1.37 bits per heavy atom. The molecule has 196 valence electrons. The highest BCUT2D eigenvalue weighted by Crippen LogP contribution is 2.33. The van der Waals surface area contributed by atoms with Crippen LogP contribution in [0.25, 0.3) is 10.8 Å². The second-order valence-corrected chi connectivity index (χ2v) is 13.8. The molecule has 0 aromatic heterocycles. The quantitative estimate of drug-likeness (QED) is 0.302. The molecule has 3 rings (SSSR count). The van der Waals surface area contributed by atoms with Crippen LogP contribution in [0, 0.1) is 6.92 Å². The van der Waals surface area contributed by atoms with E-state index >= 15 is 0 Å². The molecular formula is C35H56. The lowest BCUT2D eigenvalue weighted by molar-refractivity contribution is 0.566. The van der Waals surface area contributed by atoms with Crippen molar-refractivity contribution in [3.63, 3.8) is 0 Å². The predicted octanol–water partition coefficient (Wildman–Crippen LogP) is 11.3. The molecule has 0 aliphatic carbocycles. The van der Waals surface area contributed by atoms with E-state index in [2.05, 4.69) is 145 Å². The maximum Gasteiger partial charge on any atom is -0.0126 e. The van der Waals surface area contributed by atoms with Crippen LogP contribution in [0.1, 0.15) is 126 Å². The summed E-state index contributed by atoms with van der Waals surface area (Å²) in [5.41, 5.74) is 8.02. The van der Waals surface area contributed by atoms with Gasteiger partial charge in [-0.2, -0.15) is 0 Å². The molecule has 0 aliphatic heterocycles. The summed E-state index contributed by atoms with van der Waals surface area (Å²) in [4.78, 5) is 0. The molecule has 0 unspecified atom stereocenters. The molecular weight excluding hydrogens is 420 g/mol. The first kappa shape index (κ1) is 32.9. The molecule has 0 fully saturated rings. The molecule has 0 heteroatoms. The van der Waals surface area contributed by atoms with E-state index < -0.39 is 0 Å². The summed E-state index contributed by atoms with van der Waals surface area (Å²) >= 11 is 0. The zero-order valence-corrected chi connectivity index (χ0v) is 23.7. The molecule has 35 heavy (non-hydrogen) atoms. The predicted molar refractivity (Wildman–Crippen MR) is 163 cm³/mol. The smallest absolute Gasteiger partial charge is 0.0126 e. The molecule has 0 saturated heterocycles. The summed E-state index contributed by atoms with van der Waals surface area (Å²) in [5.74, 6) is 0. The fourth-order valence-electron chi connectivity index (χ4n) is 4.29. The van der Waals surface area contributed by atoms with Crippen molar-refractivity contribution >= 4 is 10.8 Å². The Bertz CT molecular complexity index is 1080. The monoisotopic (exact) mass is 476 g/mol. The third-order valence-corrected chi connectivity index (χ3v) is 6.47. The molecule has 0 atom stereocenters. The van der Waals surface area contributed by atoms with Crippen LogP contribution < -0.4 is 0 Å². The van der Waals surface area contributed by atoms with Gasteiger partial charge in [-0.25, -0.2) is 0 Å². The zero-order valence-electron chi connectivity index (χ0n) is 23.7. The van der Waals surface area contributed by atoms with Gasteiger partial charge in [-0.15, -0.1) is 0 Å². The minimum atomic E-state index is 0. The van der Waals surface area contributed by atoms with Crippen LogP contribution in [-0.2, 0) is 21.7 Å². The van der Waals surface area contributed by atoms with Crippen molar-refractivity contribution in [2.45, 2.75) is 127 Å². The van der Waals surface area contributed by atoms with Gasteiger partial charge < -0.3 is 0 Å². The van der Waals surface area contributed by atoms with Gasteiger partial charge in [-0.1, -0.05) is 153 Å². The topological polar surface area (TPSA) is 0 Å². The summed E-state index contributed by atoms with van der Waals surface area (Å²) in [6.07, 6.45) is 0. The van der Waals surface area contributed by atoms with E-state index in [-0.39, 0.29) is 36.5 Å². The van der Waals surface area contributed by atoms with Crippen molar-refractivity contribution in [2.75, 3.05) is 0 Å². The standard InChI is InChI=1S/C18H24.C15H24.2CH4/c1-17(2,3)14-11-10-13-8-7-9-16(15(13)12-14)18(4,5)6;1-11-8-9-12(14(2,3)4)10-13(11)15(5,6)7;;/h7-12H,1-6H3;8-10H,1-7H3;2*1H4. The SMILES string of the molecule is C.C.CC(C)(C)c1ccc2cccc(C(C)(C)C)c2c1.Cc1ccc(C(C)(C)C)cc1C(C)(C)C. The maximum atomic E-state index is 2.37. The lowest BCUT2D eigenvalue weighted by atomic mass is 9.79. The second-order valence-electron chi connectivity index (χ2n) is 13.8. The highest BCUT2D eigenvalue weighted by atomic mass is 14.3. The first-order chi connectivity index (χ1) is 14.8. The van der Waals surface area contributed by atoms with Crippen LogP contribution >= 0.6 is 0 Å². The Balaban J connectivity index is 0.000000635. The highest BCUT2D eigenvalue weighted by Gasteiger charge is 2.21. The Hall–Kier alpha value is -2.08. The molecule has 0 spiro atoms. The zero-order chi connectivity index (χ0) is 25.4. The van der Waals surface area contributed by atoms with Crippen LogP contribution in [0.4, 0.5) is 0 Å². The summed E-state index contributed by atoms with van der Waals surface area (Å²) in [6.45, 7) is 29.5. The van der Waals surface area contributed by atoms with Gasteiger partial charge in [-0.3, -0.25) is 0 Å². The van der Waals surface area contributed by atoms with E-state index in [1.807, 2.05) is 0 Å². The first-order valence-electron chi connectivity index (χ1n) is 12.5. The van der Waals surface area contributed by atoms with E-state index in [9.17, 15) is 0 Å². The van der Waals surface area contributed by atoms with Crippen LogP contribution in [0.3, 0.4) is 0 Å². The number of aryl methyl sites for hydroxylation is 1. The fraction of sp³-hybridized carbons (Fsp3) is 0.543. The molecule has 0 N–H and O–H groups in total. The van der Waals surface area contributed by atoms with Crippen molar-refractivity contribution in [1.82, 2.24) is 0 Å². The van der Waals surface area contributed by atoms with Crippen LogP contribution in [0.5, 0.6) is 0 Å². The Labute approximate surface area is 219 Å². The van der Waals surface area contributed by atoms with Gasteiger partial charge in [0.1, 0.15) is 0 Å². The molecule has 0 aliphatic rings. The molecule has 0 saturated carbocycles. The molecule has 0 radical (unpaired) electrons. The van der Waals surface area contributed by atoms with E-state index in [0.717, 1.165) is 0 Å². The Morgan fingerprint density at radius 2 is 0.914 bits per heavy atom. The van der Waals surface area contributed by atoms with Crippen molar-refractivity contribution < 1.29 is 0 Å². The average Bonchev–Trinajstić information content (AvgIpc) is 2.64. The highest BCUT2D eigenvalue weighted by molar-refractivity contribution is 5.87. The second kappa shape index (κ2) is 11.3. The minimum absolute atomic E-state index is 0.